The van der Waals surface area contributed by atoms with E-state index in [1.165, 1.54) is 44.0 Å². The monoisotopic (exact) mass is 647 g/mol. The van der Waals surface area contributed by atoms with E-state index in [1.807, 2.05) is 42.7 Å². The zero-order valence-corrected chi connectivity index (χ0v) is 26.8. The molecule has 5 aromatic carbocycles. The van der Waals surface area contributed by atoms with E-state index in [1.54, 1.807) is 0 Å². The van der Waals surface area contributed by atoms with E-state index in [2.05, 4.69) is 106 Å². The molecule has 6 heterocycles. The first-order valence-electron chi connectivity index (χ1n) is 17.3. The van der Waals surface area contributed by atoms with Gasteiger partial charge in [0.15, 0.2) is 6.17 Å². The molecule has 0 radical (unpaired) electrons. The van der Waals surface area contributed by atoms with Gasteiger partial charge in [0.05, 0.1) is 39.2 Å². The van der Waals surface area contributed by atoms with Gasteiger partial charge in [0.1, 0.15) is 41.7 Å². The number of hydrogen-bond acceptors (Lipinski definition) is 6. The first-order valence-corrected chi connectivity index (χ1v) is 17.3. The average molecular weight is 648 g/mol. The maximum Gasteiger partial charge on any atom is 0.169 e. The molecule has 0 saturated heterocycles. The summed E-state index contributed by atoms with van der Waals surface area (Å²) in [6.07, 6.45) is 10.7. The van der Waals surface area contributed by atoms with Crippen molar-refractivity contribution in [1.29, 1.82) is 0 Å². The summed E-state index contributed by atoms with van der Waals surface area (Å²) in [7, 11) is 0. The summed E-state index contributed by atoms with van der Waals surface area (Å²) < 4.78 is 15.4. The molecule has 7 heteroatoms. The second-order valence-corrected chi connectivity index (χ2v) is 13.7. The third-order valence-electron chi connectivity index (χ3n) is 11.1. The summed E-state index contributed by atoms with van der Waals surface area (Å²) in [6.45, 7) is 0.556. The van der Waals surface area contributed by atoms with Gasteiger partial charge in [-0.1, -0.05) is 103 Å². The van der Waals surface area contributed by atoms with Crippen LogP contribution < -0.4 is 10.2 Å². The SMILES string of the molecule is C1=CC2c3ccc4oc5ccc6c7ccc(C8=NC(c9ccccc9)N=C(c9ccccc9)N8)cc7n7c6c5c4c3N(C3=COCC37)C2C=C1. The fraction of sp³-hybridized carbons (Fsp3) is 0.116. The molecule has 0 amide bonds. The Balaban J connectivity index is 1.12. The summed E-state index contributed by atoms with van der Waals surface area (Å²) in [5, 5.41) is 8.37. The third kappa shape index (κ3) is 3.43. The van der Waals surface area contributed by atoms with E-state index in [-0.39, 0.29) is 24.2 Å². The van der Waals surface area contributed by atoms with Crippen molar-refractivity contribution in [3.05, 3.63) is 162 Å². The first-order chi connectivity index (χ1) is 24.8. The topological polar surface area (TPSA) is 67.3 Å². The number of allylic oxidation sites excluding steroid dienone is 2. The van der Waals surface area contributed by atoms with Crippen molar-refractivity contribution in [3.63, 3.8) is 0 Å². The van der Waals surface area contributed by atoms with E-state index >= 15 is 0 Å². The maximum absolute atomic E-state index is 6.65. The summed E-state index contributed by atoms with van der Waals surface area (Å²) in [5.41, 5.74) is 11.0. The van der Waals surface area contributed by atoms with Crippen LogP contribution in [0.3, 0.4) is 0 Å². The molecule has 12 rings (SSSR count). The van der Waals surface area contributed by atoms with Crippen LogP contribution in [0.15, 0.2) is 154 Å². The lowest BCUT2D eigenvalue weighted by Crippen LogP contribution is -2.36. The number of aliphatic imine (C=N–C) groups is 2. The van der Waals surface area contributed by atoms with Crippen LogP contribution in [-0.2, 0) is 4.74 Å². The summed E-state index contributed by atoms with van der Waals surface area (Å²) in [4.78, 5) is 12.8. The normalized spacial score (nSPS) is 22.8. The average Bonchev–Trinajstić information content (AvgIpc) is 3.94. The van der Waals surface area contributed by atoms with Crippen LogP contribution in [-0.4, -0.2) is 28.9 Å². The molecule has 238 valence electrons. The van der Waals surface area contributed by atoms with Crippen LogP contribution in [0.5, 0.6) is 0 Å². The molecule has 0 fully saturated rings. The lowest BCUT2D eigenvalue weighted by molar-refractivity contribution is 0.252. The van der Waals surface area contributed by atoms with Crippen LogP contribution in [0.1, 0.15) is 40.4 Å². The van der Waals surface area contributed by atoms with Gasteiger partial charge in [-0.2, -0.15) is 0 Å². The first kappa shape index (κ1) is 26.6. The van der Waals surface area contributed by atoms with Gasteiger partial charge in [0.25, 0.3) is 0 Å². The third-order valence-corrected chi connectivity index (χ3v) is 11.1. The highest BCUT2D eigenvalue weighted by molar-refractivity contribution is 6.28. The number of fused-ring (bicyclic) bond motifs is 9. The minimum atomic E-state index is -0.363. The number of rotatable bonds is 3. The van der Waals surface area contributed by atoms with Crippen LogP contribution in [0.2, 0.25) is 0 Å². The Morgan fingerprint density at radius 2 is 1.48 bits per heavy atom. The Bertz CT molecular complexity index is 2770. The maximum atomic E-state index is 6.65. The number of furan rings is 1. The Hall–Kier alpha value is -6.34. The van der Waals surface area contributed by atoms with Crippen LogP contribution >= 0.6 is 0 Å². The second-order valence-electron chi connectivity index (χ2n) is 13.7. The Labute approximate surface area is 286 Å². The van der Waals surface area contributed by atoms with Gasteiger partial charge in [-0.3, -0.25) is 0 Å². The van der Waals surface area contributed by atoms with Crippen molar-refractivity contribution in [2.45, 2.75) is 24.2 Å². The van der Waals surface area contributed by atoms with E-state index < -0.39 is 0 Å². The fourth-order valence-corrected chi connectivity index (χ4v) is 8.99. The summed E-state index contributed by atoms with van der Waals surface area (Å²) in [6, 6.07) is 36.3. The number of anilines is 1. The van der Waals surface area contributed by atoms with Gasteiger partial charge < -0.3 is 23.9 Å². The van der Waals surface area contributed by atoms with Crippen LogP contribution in [0.4, 0.5) is 5.69 Å². The lowest BCUT2D eigenvalue weighted by atomic mass is 9.91. The molecule has 5 aliphatic rings. The van der Waals surface area contributed by atoms with Crippen LogP contribution in [0.25, 0.3) is 43.7 Å². The summed E-state index contributed by atoms with van der Waals surface area (Å²) in [5.74, 6) is 1.87. The van der Waals surface area contributed by atoms with E-state index in [9.17, 15) is 0 Å². The van der Waals surface area contributed by atoms with Crippen molar-refractivity contribution in [2.24, 2.45) is 9.98 Å². The highest BCUT2D eigenvalue weighted by atomic mass is 16.5. The molecule has 1 aliphatic carbocycles. The van der Waals surface area contributed by atoms with Crippen molar-refractivity contribution in [3.8, 4) is 0 Å². The predicted molar refractivity (Wildman–Crippen MR) is 199 cm³/mol. The largest absolute Gasteiger partial charge is 0.497 e. The molecule has 7 nitrogen and oxygen atoms in total. The Morgan fingerprint density at radius 1 is 0.720 bits per heavy atom. The molecular weight excluding hydrogens is 619 g/mol. The van der Waals surface area contributed by atoms with Crippen molar-refractivity contribution < 1.29 is 9.15 Å². The zero-order chi connectivity index (χ0) is 32.5. The zero-order valence-electron chi connectivity index (χ0n) is 26.8. The van der Waals surface area contributed by atoms with Gasteiger partial charge in [-0.15, -0.1) is 0 Å². The minimum absolute atomic E-state index is 0.0279. The van der Waals surface area contributed by atoms with Gasteiger partial charge in [-0.05, 0) is 35.4 Å². The molecular formula is C43H29N5O2. The van der Waals surface area contributed by atoms with E-state index in [4.69, 9.17) is 19.1 Å². The highest BCUT2D eigenvalue weighted by Crippen LogP contribution is 2.56. The molecule has 4 atom stereocenters. The highest BCUT2D eigenvalue weighted by Gasteiger charge is 2.45. The molecule has 0 spiro atoms. The number of nitrogens with one attached hydrogen (secondary N) is 1. The predicted octanol–water partition coefficient (Wildman–Crippen LogP) is 9.01. The standard InChI is InChI=1S/C43H29N5O2/c1-3-9-24(10-4-1)41-44-42(25-11-5-2-6-12-25)46-43(45-41)26-15-16-28-30-18-20-36-38-37-35(50-36)19-17-29-27-13-7-8-14-31(27)47(39(29)37)33-22-49-23-34(33)48(40(30)38)32(28)21-26/h1-22,27,31,34,41H,23H2,(H,44,45,46). The molecule has 1 N–H and O–H groups in total. The molecule has 2 aromatic heterocycles. The minimum Gasteiger partial charge on any atom is -0.497 e. The molecule has 4 aliphatic heterocycles. The smallest absolute Gasteiger partial charge is 0.169 e. The number of nitrogens with zero attached hydrogens (tertiary/aromatic N) is 4. The Morgan fingerprint density at radius 3 is 2.36 bits per heavy atom. The van der Waals surface area contributed by atoms with Crippen molar-refractivity contribution in [1.82, 2.24) is 9.88 Å². The second kappa shape index (κ2) is 9.64. The molecule has 50 heavy (non-hydrogen) atoms. The summed E-state index contributed by atoms with van der Waals surface area (Å²) >= 11 is 0. The van der Waals surface area contributed by atoms with Crippen LogP contribution in [0, 0.1) is 0 Å². The van der Waals surface area contributed by atoms with Crippen molar-refractivity contribution in [2.75, 3.05) is 11.5 Å². The number of ether oxygens (including phenoxy) is 1. The molecule has 7 aromatic rings. The Kier molecular flexibility index (Phi) is 5.12. The quantitative estimate of drug-likeness (QED) is 0.208. The fourth-order valence-electron chi connectivity index (χ4n) is 8.99. The number of benzene rings is 5. The van der Waals surface area contributed by atoms with Gasteiger partial charge in [0, 0.05) is 27.8 Å². The van der Waals surface area contributed by atoms with Crippen molar-refractivity contribution >= 4 is 61.1 Å². The van der Waals surface area contributed by atoms with Gasteiger partial charge in [-0.25, -0.2) is 9.98 Å². The molecule has 4 unspecified atom stereocenters. The van der Waals surface area contributed by atoms with Gasteiger partial charge >= 0.3 is 0 Å². The number of hydrogen-bond donors (Lipinski definition) is 1. The van der Waals surface area contributed by atoms with Gasteiger partial charge in [0.2, 0.25) is 0 Å². The van der Waals surface area contributed by atoms with E-state index in [0.29, 0.717) is 6.61 Å². The number of amidine groups is 2. The van der Waals surface area contributed by atoms with E-state index in [0.717, 1.165) is 45.0 Å². The lowest BCUT2D eigenvalue weighted by Gasteiger charge is -2.33. The number of aromatic nitrogens is 1. The molecule has 0 saturated carbocycles. The molecule has 0 bridgehead atoms.